The van der Waals surface area contributed by atoms with Gasteiger partial charge in [-0.05, 0) is 22.9 Å². The third kappa shape index (κ3) is 2.01. The highest BCUT2D eigenvalue weighted by Gasteiger charge is 2.12. The van der Waals surface area contributed by atoms with Gasteiger partial charge in [-0.1, -0.05) is 72.8 Å². The summed E-state index contributed by atoms with van der Waals surface area (Å²) in [6.45, 7) is 0. The van der Waals surface area contributed by atoms with Crippen LogP contribution in [-0.2, 0) is 0 Å². The molecular weight excluding hydrogens is 270 g/mol. The summed E-state index contributed by atoms with van der Waals surface area (Å²) in [4.78, 5) is 0. The van der Waals surface area contributed by atoms with Crippen LogP contribution in [0.25, 0.3) is 21.5 Å². The predicted molar refractivity (Wildman–Crippen MR) is 91.8 cm³/mol. The topological polar surface area (TPSA) is 23.5 Å². The Morgan fingerprint density at radius 2 is 0.909 bits per heavy atom. The monoisotopic (exact) mass is 285 g/mol. The van der Waals surface area contributed by atoms with Crippen molar-refractivity contribution >= 4 is 32.9 Å². The Labute approximate surface area is 128 Å². The molecule has 106 valence electrons. The molecule has 0 aliphatic heterocycles. The average molecular weight is 285 g/mol. The molecule has 22 heavy (non-hydrogen) atoms. The minimum atomic E-state index is 0.787. The van der Waals surface area contributed by atoms with Crippen molar-refractivity contribution in [1.29, 1.82) is 0 Å². The molecule has 0 heterocycles. The number of benzene rings is 4. The molecule has 4 aromatic rings. The lowest BCUT2D eigenvalue weighted by Crippen LogP contribution is -2.11. The van der Waals surface area contributed by atoms with Gasteiger partial charge in [0.2, 0.25) is 0 Å². The van der Waals surface area contributed by atoms with Crippen LogP contribution in [0.3, 0.4) is 0 Å². The third-order valence-electron chi connectivity index (χ3n) is 3.99. The van der Waals surface area contributed by atoms with Crippen LogP contribution in [0, 0.1) is 0 Å². The largest absolute Gasteiger partial charge is 0.283 e. The number of hydrogen-bond acceptors (Lipinski definition) is 2. The van der Waals surface area contributed by atoms with Crippen molar-refractivity contribution in [1.82, 2.24) is 0 Å². The fraction of sp³-hybridized carbons (Fsp3) is 0. The Kier molecular flexibility index (Phi) is 3.02. The standard InChI is InChI=1S/C20H15NO/c22-21(19-13-5-9-15-7-1-3-11-17(15)19)20-14-6-10-16-8-2-4-12-18(16)20/h1-14,22H. The summed E-state index contributed by atoms with van der Waals surface area (Å²) in [6, 6.07) is 28.0. The molecule has 0 atom stereocenters. The summed E-state index contributed by atoms with van der Waals surface area (Å²) in [7, 11) is 0. The second-order valence-corrected chi connectivity index (χ2v) is 5.31. The van der Waals surface area contributed by atoms with Gasteiger partial charge in [-0.15, -0.1) is 0 Å². The molecule has 0 aliphatic rings. The number of fused-ring (bicyclic) bond motifs is 2. The maximum Gasteiger partial charge on any atom is 0.0771 e. The zero-order chi connectivity index (χ0) is 14.9. The fourth-order valence-corrected chi connectivity index (χ4v) is 2.92. The summed E-state index contributed by atoms with van der Waals surface area (Å²) in [5, 5.41) is 16.4. The van der Waals surface area contributed by atoms with Crippen LogP contribution in [0.5, 0.6) is 0 Å². The highest BCUT2D eigenvalue weighted by atomic mass is 16.5. The van der Waals surface area contributed by atoms with Crippen LogP contribution in [0.15, 0.2) is 84.9 Å². The molecule has 0 amide bonds. The van der Waals surface area contributed by atoms with E-state index in [1.54, 1.807) is 0 Å². The van der Waals surface area contributed by atoms with Gasteiger partial charge in [0.15, 0.2) is 0 Å². The van der Waals surface area contributed by atoms with E-state index in [9.17, 15) is 5.21 Å². The molecule has 0 bridgehead atoms. The molecule has 0 fully saturated rings. The highest BCUT2D eigenvalue weighted by molar-refractivity contribution is 6.00. The molecule has 1 N–H and O–H groups in total. The normalized spacial score (nSPS) is 11.0. The zero-order valence-electron chi connectivity index (χ0n) is 12.0. The molecule has 0 aromatic heterocycles. The molecule has 2 nitrogen and oxygen atoms in total. The van der Waals surface area contributed by atoms with Gasteiger partial charge < -0.3 is 0 Å². The first-order chi connectivity index (χ1) is 10.8. The Morgan fingerprint density at radius 1 is 0.500 bits per heavy atom. The lowest BCUT2D eigenvalue weighted by molar-refractivity contribution is 0.303. The third-order valence-corrected chi connectivity index (χ3v) is 3.99. The van der Waals surface area contributed by atoms with E-state index in [4.69, 9.17) is 0 Å². The Bertz CT molecular complexity index is 872. The number of rotatable bonds is 2. The summed E-state index contributed by atoms with van der Waals surface area (Å²) < 4.78 is 0. The summed E-state index contributed by atoms with van der Waals surface area (Å²) >= 11 is 0. The fourth-order valence-electron chi connectivity index (χ4n) is 2.92. The first kappa shape index (κ1) is 12.9. The second-order valence-electron chi connectivity index (χ2n) is 5.31. The molecule has 4 aromatic carbocycles. The lowest BCUT2D eigenvalue weighted by Gasteiger charge is -2.20. The quantitative estimate of drug-likeness (QED) is 0.490. The molecule has 0 spiro atoms. The predicted octanol–water partition coefficient (Wildman–Crippen LogP) is 5.52. The minimum absolute atomic E-state index is 0.787. The van der Waals surface area contributed by atoms with Crippen LogP contribution in [0.4, 0.5) is 11.4 Å². The molecule has 0 unspecified atom stereocenters. The van der Waals surface area contributed by atoms with Crippen molar-refractivity contribution in [2.24, 2.45) is 0 Å². The van der Waals surface area contributed by atoms with Crippen LogP contribution >= 0.6 is 0 Å². The first-order valence-corrected chi connectivity index (χ1v) is 7.29. The van der Waals surface area contributed by atoms with E-state index in [0.717, 1.165) is 32.9 Å². The Balaban J connectivity index is 1.94. The van der Waals surface area contributed by atoms with Gasteiger partial charge in [0.05, 0.1) is 11.4 Å². The van der Waals surface area contributed by atoms with Crippen molar-refractivity contribution in [3.05, 3.63) is 84.9 Å². The van der Waals surface area contributed by atoms with Gasteiger partial charge in [0.1, 0.15) is 0 Å². The van der Waals surface area contributed by atoms with Crippen LogP contribution in [-0.4, -0.2) is 5.21 Å². The number of nitrogens with zero attached hydrogens (tertiary/aromatic N) is 1. The Morgan fingerprint density at radius 3 is 1.41 bits per heavy atom. The van der Waals surface area contributed by atoms with Gasteiger partial charge in [-0.3, -0.25) is 5.21 Å². The first-order valence-electron chi connectivity index (χ1n) is 7.29. The van der Waals surface area contributed by atoms with Crippen molar-refractivity contribution in [3.8, 4) is 0 Å². The van der Waals surface area contributed by atoms with Gasteiger partial charge in [-0.2, -0.15) is 0 Å². The van der Waals surface area contributed by atoms with E-state index in [0.29, 0.717) is 0 Å². The lowest BCUT2D eigenvalue weighted by atomic mass is 10.1. The van der Waals surface area contributed by atoms with Gasteiger partial charge in [-0.25, -0.2) is 5.06 Å². The molecule has 4 rings (SSSR count). The van der Waals surface area contributed by atoms with E-state index in [1.165, 1.54) is 5.06 Å². The van der Waals surface area contributed by atoms with Crippen molar-refractivity contribution in [3.63, 3.8) is 0 Å². The van der Waals surface area contributed by atoms with Crippen molar-refractivity contribution in [2.45, 2.75) is 0 Å². The van der Waals surface area contributed by atoms with Gasteiger partial charge in [0.25, 0.3) is 0 Å². The van der Waals surface area contributed by atoms with Crippen molar-refractivity contribution in [2.75, 3.05) is 5.06 Å². The molecule has 0 aliphatic carbocycles. The smallest absolute Gasteiger partial charge is 0.0771 e. The minimum Gasteiger partial charge on any atom is -0.283 e. The second kappa shape index (κ2) is 5.17. The zero-order valence-corrected chi connectivity index (χ0v) is 12.0. The van der Waals surface area contributed by atoms with E-state index in [1.807, 2.05) is 60.7 Å². The van der Waals surface area contributed by atoms with Crippen LogP contribution < -0.4 is 5.06 Å². The number of anilines is 2. The highest BCUT2D eigenvalue weighted by Crippen LogP contribution is 2.34. The Hall–Kier alpha value is -2.84. The van der Waals surface area contributed by atoms with Gasteiger partial charge >= 0.3 is 0 Å². The van der Waals surface area contributed by atoms with Crippen LogP contribution in [0.2, 0.25) is 0 Å². The summed E-state index contributed by atoms with van der Waals surface area (Å²) in [5.41, 5.74) is 1.57. The summed E-state index contributed by atoms with van der Waals surface area (Å²) in [5.74, 6) is 0. The van der Waals surface area contributed by atoms with Crippen molar-refractivity contribution < 1.29 is 5.21 Å². The molecule has 2 heteroatoms. The molecule has 0 radical (unpaired) electrons. The van der Waals surface area contributed by atoms with E-state index in [2.05, 4.69) is 24.3 Å². The maximum atomic E-state index is 10.8. The molecule has 0 saturated carbocycles. The maximum absolute atomic E-state index is 10.8. The van der Waals surface area contributed by atoms with E-state index >= 15 is 0 Å². The SMILES string of the molecule is ON(c1cccc2ccccc12)c1cccc2ccccc12. The average Bonchev–Trinajstić information content (AvgIpc) is 2.60. The van der Waals surface area contributed by atoms with Gasteiger partial charge in [0, 0.05) is 10.8 Å². The van der Waals surface area contributed by atoms with Crippen LogP contribution in [0.1, 0.15) is 0 Å². The van der Waals surface area contributed by atoms with E-state index in [-0.39, 0.29) is 0 Å². The summed E-state index contributed by atoms with van der Waals surface area (Å²) in [6.07, 6.45) is 0. The molecule has 0 saturated heterocycles. The molecular formula is C20H15NO. The number of hydrogen-bond donors (Lipinski definition) is 1. The van der Waals surface area contributed by atoms with E-state index < -0.39 is 0 Å².